The molecule has 1 aliphatic rings. The molecule has 1 atom stereocenters. The van der Waals surface area contributed by atoms with Gasteiger partial charge in [0, 0.05) is 25.1 Å². The Hall–Kier alpha value is -3.29. The zero-order chi connectivity index (χ0) is 22.9. The summed E-state index contributed by atoms with van der Waals surface area (Å²) in [6.45, 7) is 2.48. The highest BCUT2D eigenvalue weighted by molar-refractivity contribution is 5.94. The van der Waals surface area contributed by atoms with E-state index >= 15 is 0 Å². The minimum atomic E-state index is -4.38. The number of halogens is 3. The van der Waals surface area contributed by atoms with E-state index in [0.717, 1.165) is 48.2 Å². The zero-order valence-electron chi connectivity index (χ0n) is 17.9. The number of nitrogens with one attached hydrogen (secondary N) is 1. The molecule has 168 valence electrons. The smallest absolute Gasteiger partial charge is 0.416 e. The molecule has 0 bridgehead atoms. The lowest BCUT2D eigenvalue weighted by Crippen LogP contribution is -2.26. The fourth-order valence-electron chi connectivity index (χ4n) is 4.09. The third-order valence-corrected chi connectivity index (χ3v) is 5.81. The van der Waals surface area contributed by atoms with Crippen LogP contribution in [-0.4, -0.2) is 15.7 Å². The van der Waals surface area contributed by atoms with Gasteiger partial charge in [-0.1, -0.05) is 19.1 Å². The molecular weight excluding hydrogens is 419 g/mol. The maximum Gasteiger partial charge on any atom is 0.416 e. The monoisotopic (exact) mass is 443 g/mol. The number of ether oxygens (including phenoxy) is 1. The Labute approximate surface area is 184 Å². The van der Waals surface area contributed by atoms with Crippen LogP contribution in [0.4, 0.5) is 13.2 Å². The number of hydrogen-bond donors (Lipinski definition) is 1. The van der Waals surface area contributed by atoms with Gasteiger partial charge >= 0.3 is 6.18 Å². The molecule has 5 nitrogen and oxygen atoms in total. The van der Waals surface area contributed by atoms with Crippen LogP contribution in [0.5, 0.6) is 11.5 Å². The van der Waals surface area contributed by atoms with Crippen LogP contribution >= 0.6 is 0 Å². The first kappa shape index (κ1) is 21.9. The number of carbonyl (C=O) groups excluding carboxylic acids is 1. The van der Waals surface area contributed by atoms with E-state index in [1.165, 1.54) is 12.1 Å². The number of aromatic nitrogens is 2. The highest BCUT2D eigenvalue weighted by Gasteiger charge is 2.31. The van der Waals surface area contributed by atoms with Gasteiger partial charge in [-0.3, -0.25) is 9.48 Å². The van der Waals surface area contributed by atoms with Gasteiger partial charge in [0.15, 0.2) is 0 Å². The lowest BCUT2D eigenvalue weighted by molar-refractivity contribution is -0.137. The van der Waals surface area contributed by atoms with Crippen molar-refractivity contribution in [3.05, 3.63) is 76.6 Å². The number of amides is 1. The number of nitrogens with zero attached hydrogens (tertiary/aromatic N) is 2. The van der Waals surface area contributed by atoms with Crippen LogP contribution in [0, 0.1) is 0 Å². The highest BCUT2D eigenvalue weighted by atomic mass is 19.4. The van der Waals surface area contributed by atoms with Crippen molar-refractivity contribution in [2.75, 3.05) is 0 Å². The van der Waals surface area contributed by atoms with E-state index < -0.39 is 11.7 Å². The average Bonchev–Trinajstić information content (AvgIpc) is 3.30. The van der Waals surface area contributed by atoms with Crippen molar-refractivity contribution in [2.45, 2.75) is 44.8 Å². The molecule has 4 rings (SSSR count). The van der Waals surface area contributed by atoms with E-state index in [0.29, 0.717) is 29.7 Å². The molecule has 1 heterocycles. The molecule has 1 N–H and O–H groups in total. The van der Waals surface area contributed by atoms with E-state index in [9.17, 15) is 18.0 Å². The molecule has 1 aromatic heterocycles. The minimum Gasteiger partial charge on any atom is -0.457 e. The van der Waals surface area contributed by atoms with Crippen LogP contribution in [-0.2, 0) is 26.2 Å². The van der Waals surface area contributed by atoms with Gasteiger partial charge in [0.05, 0.1) is 11.3 Å². The maximum absolute atomic E-state index is 12.8. The number of aryl methyl sites for hydroxylation is 1. The Bertz CT molecular complexity index is 1100. The highest BCUT2D eigenvalue weighted by Crippen LogP contribution is 2.36. The Balaban J connectivity index is 1.36. The van der Waals surface area contributed by atoms with Crippen molar-refractivity contribution in [1.29, 1.82) is 0 Å². The summed E-state index contributed by atoms with van der Waals surface area (Å²) in [5.41, 5.74) is 2.88. The fraction of sp³-hybridized carbons (Fsp3) is 0.333. The average molecular weight is 443 g/mol. The van der Waals surface area contributed by atoms with Gasteiger partial charge in [0.25, 0.3) is 5.91 Å². The van der Waals surface area contributed by atoms with E-state index in [2.05, 4.69) is 17.3 Å². The summed E-state index contributed by atoms with van der Waals surface area (Å²) in [5, 5.41) is 7.51. The van der Waals surface area contributed by atoms with Gasteiger partial charge in [0.1, 0.15) is 17.2 Å². The molecule has 1 aliphatic carbocycles. The number of alkyl halides is 3. The summed E-state index contributed by atoms with van der Waals surface area (Å²) < 4.78 is 45.2. The molecule has 0 aliphatic heterocycles. The summed E-state index contributed by atoms with van der Waals surface area (Å²) in [6, 6.07) is 11.6. The second kappa shape index (κ2) is 8.68. The first-order valence-electron chi connectivity index (χ1n) is 10.5. The molecular formula is C24H24F3N3O2. The van der Waals surface area contributed by atoms with Crippen molar-refractivity contribution >= 4 is 5.91 Å². The number of carbonyl (C=O) groups is 1. The van der Waals surface area contributed by atoms with Crippen LogP contribution in [0.3, 0.4) is 0 Å². The Morgan fingerprint density at radius 1 is 1.12 bits per heavy atom. The number of benzene rings is 2. The second-order valence-electron chi connectivity index (χ2n) is 7.93. The van der Waals surface area contributed by atoms with Crippen molar-refractivity contribution in [3.8, 4) is 11.5 Å². The van der Waals surface area contributed by atoms with Crippen LogP contribution in [0.1, 0.15) is 58.6 Å². The van der Waals surface area contributed by atoms with Gasteiger partial charge in [-0.25, -0.2) is 0 Å². The summed E-state index contributed by atoms with van der Waals surface area (Å²) >= 11 is 0. The summed E-state index contributed by atoms with van der Waals surface area (Å²) in [6.07, 6.45) is -1.44. The molecule has 32 heavy (non-hydrogen) atoms. The predicted molar refractivity (Wildman–Crippen MR) is 114 cm³/mol. The Kier molecular flexibility index (Phi) is 5.95. The van der Waals surface area contributed by atoms with Crippen molar-refractivity contribution in [1.82, 2.24) is 15.1 Å². The van der Waals surface area contributed by atoms with Gasteiger partial charge < -0.3 is 10.1 Å². The lowest BCUT2D eigenvalue weighted by Gasteiger charge is -2.10. The molecule has 2 aromatic carbocycles. The molecule has 0 saturated heterocycles. The van der Waals surface area contributed by atoms with Crippen LogP contribution in [0.25, 0.3) is 0 Å². The van der Waals surface area contributed by atoms with Crippen LogP contribution < -0.4 is 10.1 Å². The van der Waals surface area contributed by atoms with E-state index in [-0.39, 0.29) is 5.91 Å². The van der Waals surface area contributed by atoms with E-state index in [1.807, 2.05) is 0 Å². The molecule has 0 spiro atoms. The topological polar surface area (TPSA) is 56.2 Å². The predicted octanol–water partition coefficient (Wildman–Crippen LogP) is 5.60. The van der Waals surface area contributed by atoms with Crippen molar-refractivity contribution in [3.63, 3.8) is 0 Å². The molecule has 1 amide bonds. The van der Waals surface area contributed by atoms with Gasteiger partial charge in [-0.15, -0.1) is 0 Å². The van der Waals surface area contributed by atoms with Crippen LogP contribution in [0.15, 0.2) is 48.5 Å². The molecule has 0 fully saturated rings. The van der Waals surface area contributed by atoms with Crippen molar-refractivity contribution < 1.29 is 22.7 Å². The Morgan fingerprint density at radius 3 is 2.34 bits per heavy atom. The van der Waals surface area contributed by atoms with E-state index in [1.54, 1.807) is 36.0 Å². The third kappa shape index (κ3) is 4.49. The van der Waals surface area contributed by atoms with Gasteiger partial charge in [0.2, 0.25) is 0 Å². The van der Waals surface area contributed by atoms with Gasteiger partial charge in [-0.05, 0) is 61.2 Å². The van der Waals surface area contributed by atoms with E-state index in [4.69, 9.17) is 4.74 Å². The summed E-state index contributed by atoms with van der Waals surface area (Å²) in [5.74, 6) is 1.09. The van der Waals surface area contributed by atoms with Crippen molar-refractivity contribution in [2.24, 2.45) is 7.05 Å². The molecule has 0 saturated carbocycles. The molecule has 8 heteroatoms. The molecule has 1 unspecified atom stereocenters. The van der Waals surface area contributed by atoms with Gasteiger partial charge in [-0.2, -0.15) is 18.3 Å². The number of fused-ring (bicyclic) bond motifs is 1. The Morgan fingerprint density at radius 2 is 1.75 bits per heavy atom. The van der Waals surface area contributed by atoms with Crippen LogP contribution in [0.2, 0.25) is 0 Å². The normalized spacial score (nSPS) is 15.5. The standard InChI is InChI=1S/C24H24F3N3O2/c1-3-16-6-13-20-21(16)29-30(2)22(20)23(31)28-14-15-4-9-18(10-5-15)32-19-11-7-17(8-12-19)24(25,26)27/h4-5,7-12,16H,3,6,13-14H2,1-2H3,(H,28,31). The first-order chi connectivity index (χ1) is 15.3. The largest absolute Gasteiger partial charge is 0.457 e. The SMILES string of the molecule is CCC1CCc2c1nn(C)c2C(=O)NCc1ccc(Oc2ccc(C(F)(F)F)cc2)cc1. The third-order valence-electron chi connectivity index (χ3n) is 5.81. The molecule has 0 radical (unpaired) electrons. The zero-order valence-corrected chi connectivity index (χ0v) is 17.9. The quantitative estimate of drug-likeness (QED) is 0.540. The lowest BCUT2D eigenvalue weighted by atomic mass is 10.0. The fourth-order valence-corrected chi connectivity index (χ4v) is 4.09. The maximum atomic E-state index is 12.8. The second-order valence-corrected chi connectivity index (χ2v) is 7.93. The summed E-state index contributed by atoms with van der Waals surface area (Å²) in [7, 11) is 1.80. The first-order valence-corrected chi connectivity index (χ1v) is 10.5. The minimum absolute atomic E-state index is 0.150. The summed E-state index contributed by atoms with van der Waals surface area (Å²) in [4.78, 5) is 12.8. The number of rotatable bonds is 6. The number of hydrogen-bond acceptors (Lipinski definition) is 3. The molecule has 3 aromatic rings.